The van der Waals surface area contributed by atoms with Gasteiger partial charge in [-0.1, -0.05) is 32.3 Å². The summed E-state index contributed by atoms with van der Waals surface area (Å²) in [5.74, 6) is -3.38. The van der Waals surface area contributed by atoms with Gasteiger partial charge in [-0.3, -0.25) is 43.8 Å². The number of carbonyl (C=O) groups is 6. The third-order valence-electron chi connectivity index (χ3n) is 12.2. The molecule has 0 spiro atoms. The molecule has 2 aliphatic rings. The summed E-state index contributed by atoms with van der Waals surface area (Å²) in [5, 5.41) is 8.46. The summed E-state index contributed by atoms with van der Waals surface area (Å²) in [5.41, 5.74) is 2.87. The van der Waals surface area contributed by atoms with Gasteiger partial charge in [-0.05, 0) is 86.7 Å². The van der Waals surface area contributed by atoms with Crippen LogP contribution in [0.3, 0.4) is 0 Å². The fourth-order valence-corrected chi connectivity index (χ4v) is 8.42. The van der Waals surface area contributed by atoms with E-state index in [9.17, 15) is 33.6 Å². The summed E-state index contributed by atoms with van der Waals surface area (Å²) in [6, 6.07) is 16.2. The molecule has 1 atom stereocenters. The monoisotopic (exact) mass is 925 g/mol. The van der Waals surface area contributed by atoms with Gasteiger partial charge < -0.3 is 29.4 Å². The van der Waals surface area contributed by atoms with E-state index in [2.05, 4.69) is 25.9 Å². The van der Waals surface area contributed by atoms with Gasteiger partial charge in [0.05, 0.1) is 41.3 Å². The van der Waals surface area contributed by atoms with E-state index in [1.807, 2.05) is 19.1 Å². The molecule has 3 N–H and O–H groups in total. The van der Waals surface area contributed by atoms with Crippen LogP contribution in [0.1, 0.15) is 101 Å². The van der Waals surface area contributed by atoms with Gasteiger partial charge in [0.15, 0.2) is 23.1 Å². The lowest BCUT2D eigenvalue weighted by atomic mass is 10.0. The maximum atomic E-state index is 15.5. The highest BCUT2D eigenvalue weighted by Gasteiger charge is 2.44. The van der Waals surface area contributed by atoms with Crippen LogP contribution in [-0.2, 0) is 27.9 Å². The first-order chi connectivity index (χ1) is 32.8. The minimum atomic E-state index is -1.07. The molecule has 350 valence electrons. The standard InChI is InChI=1S/C50H48FN7O10/c1-5-28-12-16-37-34(21-28)45(61)44(27(2)57(37)3)47(63)55-30-14-18-39(35(51)23-30)68-48-33-24-40(66-4)41(25-36(33)52-26-53-48)67-20-10-8-6-7-9-11-42(59)54-29-13-15-31-32(22-29)50(65)58(49(31)64)38-17-19-43(60)56-46(38)62/h12-16,18,21-26,38H,5-11,17,19-20H2,1-4H3,(H,54,59)(H,55,63)(H,56,60,62). The average molecular weight is 926 g/mol. The van der Waals surface area contributed by atoms with E-state index in [4.69, 9.17) is 14.2 Å². The normalized spacial score (nSPS) is 14.5. The van der Waals surface area contributed by atoms with Gasteiger partial charge in [0.2, 0.25) is 29.0 Å². The van der Waals surface area contributed by atoms with Gasteiger partial charge in [0.1, 0.15) is 17.9 Å². The van der Waals surface area contributed by atoms with Gasteiger partial charge >= 0.3 is 0 Å². The lowest BCUT2D eigenvalue weighted by Crippen LogP contribution is -2.54. The largest absolute Gasteiger partial charge is 0.493 e. The molecular weight excluding hydrogens is 878 g/mol. The number of fused-ring (bicyclic) bond motifs is 3. The molecule has 8 rings (SSSR count). The first-order valence-corrected chi connectivity index (χ1v) is 22.3. The van der Waals surface area contributed by atoms with Crippen LogP contribution in [0.4, 0.5) is 15.8 Å². The summed E-state index contributed by atoms with van der Waals surface area (Å²) in [7, 11) is 3.27. The SMILES string of the molecule is CCc1ccc2c(c1)c(=O)c(C(=O)Nc1ccc(Oc3ncnc4cc(OCCCCCCCC(=O)Nc5ccc6c(c5)C(=O)N(C5CCC(=O)NC5=O)C6=O)c(OC)cc34)c(F)c1)c(C)n2C. The highest BCUT2D eigenvalue weighted by Crippen LogP contribution is 2.37. The molecular formula is C50H48FN7O10. The number of ether oxygens (including phenoxy) is 3. The van der Waals surface area contributed by atoms with Crippen molar-refractivity contribution in [2.24, 2.45) is 7.05 Å². The number of aryl methyl sites for hydroxylation is 2. The van der Waals surface area contributed by atoms with Gasteiger partial charge in [-0.15, -0.1) is 0 Å². The van der Waals surface area contributed by atoms with Gasteiger partial charge in [0.25, 0.3) is 17.7 Å². The van der Waals surface area contributed by atoms with Crippen LogP contribution in [-0.4, -0.2) is 74.6 Å². The number of halogens is 1. The van der Waals surface area contributed by atoms with Gasteiger partial charge in [0, 0.05) is 54.5 Å². The molecule has 0 saturated carbocycles. The van der Waals surface area contributed by atoms with E-state index in [0.29, 0.717) is 57.7 Å². The first kappa shape index (κ1) is 46.5. The molecule has 68 heavy (non-hydrogen) atoms. The molecule has 1 fully saturated rings. The lowest BCUT2D eigenvalue weighted by molar-refractivity contribution is -0.136. The van der Waals surface area contributed by atoms with Crippen molar-refractivity contribution < 1.29 is 47.4 Å². The van der Waals surface area contributed by atoms with E-state index in [0.717, 1.165) is 48.6 Å². The van der Waals surface area contributed by atoms with Crippen LogP contribution >= 0.6 is 0 Å². The Kier molecular flexibility index (Phi) is 13.6. The van der Waals surface area contributed by atoms with Crippen molar-refractivity contribution in [3.05, 3.63) is 117 Å². The van der Waals surface area contributed by atoms with Crippen LogP contribution in [0, 0.1) is 12.7 Å². The number of amides is 6. The van der Waals surface area contributed by atoms with Crippen molar-refractivity contribution in [2.45, 2.75) is 77.7 Å². The number of imide groups is 2. The number of carbonyl (C=O) groups excluding carboxylic acids is 6. The number of aromatic nitrogens is 3. The fourth-order valence-electron chi connectivity index (χ4n) is 8.42. The zero-order chi connectivity index (χ0) is 48.2. The van der Waals surface area contributed by atoms with E-state index < -0.39 is 46.8 Å². The van der Waals surface area contributed by atoms with Crippen LogP contribution in [0.2, 0.25) is 0 Å². The summed E-state index contributed by atoms with van der Waals surface area (Å²) in [6.07, 6.45) is 6.14. The number of benzene rings is 4. The van der Waals surface area contributed by atoms with Crippen molar-refractivity contribution in [2.75, 3.05) is 24.4 Å². The number of hydrogen-bond acceptors (Lipinski definition) is 12. The Morgan fingerprint density at radius 1 is 0.824 bits per heavy atom. The molecule has 2 aromatic heterocycles. The lowest BCUT2D eigenvalue weighted by Gasteiger charge is -2.27. The number of piperidine rings is 1. The predicted molar refractivity (Wildman–Crippen MR) is 249 cm³/mol. The Balaban J connectivity index is 0.802. The molecule has 0 aliphatic carbocycles. The molecule has 1 unspecified atom stereocenters. The maximum Gasteiger partial charge on any atom is 0.262 e. The van der Waals surface area contributed by atoms with Crippen molar-refractivity contribution in [3.8, 4) is 23.1 Å². The fraction of sp³-hybridized carbons (Fsp3) is 0.300. The third kappa shape index (κ3) is 9.47. The zero-order valence-electron chi connectivity index (χ0n) is 37.8. The van der Waals surface area contributed by atoms with E-state index in [-0.39, 0.29) is 59.2 Å². The second-order valence-corrected chi connectivity index (χ2v) is 16.6. The van der Waals surface area contributed by atoms with Crippen molar-refractivity contribution in [1.82, 2.24) is 24.8 Å². The smallest absolute Gasteiger partial charge is 0.262 e. The second kappa shape index (κ2) is 19.8. The Hall–Kier alpha value is -8.02. The van der Waals surface area contributed by atoms with E-state index in [1.54, 1.807) is 36.7 Å². The first-order valence-electron chi connectivity index (χ1n) is 22.3. The summed E-state index contributed by atoms with van der Waals surface area (Å²) in [6.45, 7) is 4.05. The van der Waals surface area contributed by atoms with Gasteiger partial charge in [-0.25, -0.2) is 14.4 Å². The summed E-state index contributed by atoms with van der Waals surface area (Å²) < 4.78 is 34.9. The second-order valence-electron chi connectivity index (χ2n) is 16.6. The van der Waals surface area contributed by atoms with Crippen molar-refractivity contribution in [1.29, 1.82) is 0 Å². The highest BCUT2D eigenvalue weighted by molar-refractivity contribution is 6.24. The maximum absolute atomic E-state index is 15.5. The molecule has 1 saturated heterocycles. The minimum absolute atomic E-state index is 0.0206. The predicted octanol–water partition coefficient (Wildman–Crippen LogP) is 7.30. The van der Waals surface area contributed by atoms with Crippen LogP contribution < -0.4 is 35.6 Å². The number of anilines is 2. The number of nitrogens with zero attached hydrogens (tertiary/aromatic N) is 4. The Morgan fingerprint density at radius 3 is 2.34 bits per heavy atom. The summed E-state index contributed by atoms with van der Waals surface area (Å²) >= 11 is 0. The molecule has 18 heteroatoms. The third-order valence-corrected chi connectivity index (χ3v) is 12.2. The quantitative estimate of drug-likeness (QED) is 0.0607. The molecule has 4 aromatic carbocycles. The zero-order valence-corrected chi connectivity index (χ0v) is 37.8. The van der Waals surface area contributed by atoms with Crippen LogP contribution in [0.25, 0.3) is 21.8 Å². The van der Waals surface area contributed by atoms with Crippen LogP contribution in [0.15, 0.2) is 77.9 Å². The molecule has 2 aliphatic heterocycles. The van der Waals surface area contributed by atoms with Crippen LogP contribution in [0.5, 0.6) is 23.1 Å². The molecule has 4 heterocycles. The van der Waals surface area contributed by atoms with Crippen molar-refractivity contribution >= 4 is 68.6 Å². The number of rotatable bonds is 17. The number of pyridine rings is 1. The number of unbranched alkanes of at least 4 members (excludes halogenated alkanes) is 4. The van der Waals surface area contributed by atoms with Crippen molar-refractivity contribution in [3.63, 3.8) is 0 Å². The van der Waals surface area contributed by atoms with Gasteiger partial charge in [-0.2, -0.15) is 0 Å². The topological polar surface area (TPSA) is 217 Å². The average Bonchev–Trinajstić information content (AvgIpc) is 3.56. The molecule has 0 radical (unpaired) electrons. The number of hydrogen-bond donors (Lipinski definition) is 3. The Labute approximate surface area is 389 Å². The summed E-state index contributed by atoms with van der Waals surface area (Å²) in [4.78, 5) is 99.1. The molecule has 17 nitrogen and oxygen atoms in total. The highest BCUT2D eigenvalue weighted by atomic mass is 19.1. The molecule has 0 bridgehead atoms. The minimum Gasteiger partial charge on any atom is -0.493 e. The number of methoxy groups -OCH3 is 1. The number of nitrogens with one attached hydrogen (secondary N) is 3. The molecule has 6 aromatic rings. The Bertz CT molecular complexity index is 3120. The van der Waals surface area contributed by atoms with E-state index >= 15 is 4.39 Å². The molecule has 6 amide bonds. The Morgan fingerprint density at radius 2 is 1.57 bits per heavy atom. The van der Waals surface area contributed by atoms with E-state index in [1.165, 1.54) is 43.8 Å².